The Hall–Kier alpha value is -0.995. The molecule has 0 amide bonds. The van der Waals surface area contributed by atoms with E-state index in [2.05, 4.69) is 20.4 Å². The van der Waals surface area contributed by atoms with Gasteiger partial charge in [-0.1, -0.05) is 6.82 Å². The van der Waals surface area contributed by atoms with Crippen molar-refractivity contribution in [2.75, 3.05) is 0 Å². The van der Waals surface area contributed by atoms with E-state index in [1.54, 1.807) is 6.92 Å². The lowest BCUT2D eigenvalue weighted by Gasteiger charge is -1.88. The smallest absolute Gasteiger partial charge is 0.143 e. The van der Waals surface area contributed by atoms with Crippen molar-refractivity contribution in [3.63, 3.8) is 0 Å². The molecule has 1 heterocycles. The third-order valence-corrected chi connectivity index (χ3v) is 0.937. The Morgan fingerprint density at radius 3 is 2.11 bits per heavy atom. The van der Waals surface area contributed by atoms with Crippen molar-refractivity contribution < 1.29 is 0 Å². The fourth-order valence-electron chi connectivity index (χ4n) is 0.442. The number of nitrogens with zero attached hydrogens (tertiary/aromatic N) is 4. The zero-order valence-electron chi connectivity index (χ0n) is 5.50. The van der Waals surface area contributed by atoms with Crippen molar-refractivity contribution in [2.45, 2.75) is 13.7 Å². The Bertz CT molecular complexity index is 184. The monoisotopic (exact) mass is 122 g/mol. The van der Waals surface area contributed by atoms with Crippen molar-refractivity contribution in [3.8, 4) is 0 Å². The minimum absolute atomic E-state index is 0.618. The van der Waals surface area contributed by atoms with Gasteiger partial charge in [0.05, 0.1) is 0 Å². The summed E-state index contributed by atoms with van der Waals surface area (Å²) in [6.07, 6.45) is 0. The van der Waals surface area contributed by atoms with Gasteiger partial charge in [-0.25, -0.2) is 0 Å². The molecule has 0 fully saturated rings. The molecule has 0 aliphatic carbocycles. The van der Waals surface area contributed by atoms with Crippen molar-refractivity contribution in [1.82, 2.24) is 20.4 Å². The molecule has 0 atom stereocenters. The maximum absolute atomic E-state index is 3.77. The summed E-state index contributed by atoms with van der Waals surface area (Å²) < 4.78 is 0. The molecule has 0 unspecified atom stereocenters. The van der Waals surface area contributed by atoms with Crippen LogP contribution in [0.1, 0.15) is 5.82 Å². The lowest BCUT2D eigenvalue weighted by atomic mass is 9.82. The zero-order valence-corrected chi connectivity index (χ0v) is 5.50. The normalized spacial score (nSPS) is 9.11. The molecule has 0 spiro atoms. The number of hydrogen-bond donors (Lipinski definition) is 0. The van der Waals surface area contributed by atoms with Crippen LogP contribution in [-0.4, -0.2) is 27.7 Å². The van der Waals surface area contributed by atoms with Gasteiger partial charge < -0.3 is 0 Å². The van der Waals surface area contributed by atoms with Crippen LogP contribution >= 0.6 is 0 Å². The van der Waals surface area contributed by atoms with Crippen LogP contribution in [0, 0.1) is 6.92 Å². The minimum atomic E-state index is 0.618. The van der Waals surface area contributed by atoms with E-state index in [4.69, 9.17) is 0 Å². The van der Waals surface area contributed by atoms with E-state index in [1.807, 2.05) is 6.82 Å². The lowest BCUT2D eigenvalue weighted by molar-refractivity contribution is 0.834. The van der Waals surface area contributed by atoms with Crippen molar-refractivity contribution >= 4 is 13.0 Å². The second-order valence-electron chi connectivity index (χ2n) is 1.72. The Morgan fingerprint density at radius 2 is 1.67 bits per heavy atom. The number of hydrogen-bond acceptors (Lipinski definition) is 4. The highest BCUT2D eigenvalue weighted by molar-refractivity contribution is 6.49. The first-order valence-electron chi connectivity index (χ1n) is 2.86. The molecule has 0 saturated carbocycles. The van der Waals surface area contributed by atoms with E-state index in [-0.39, 0.29) is 0 Å². The van der Waals surface area contributed by atoms with E-state index in [0.29, 0.717) is 11.5 Å². The van der Waals surface area contributed by atoms with Gasteiger partial charge in [-0.3, -0.25) is 0 Å². The molecule has 0 aliphatic rings. The molecule has 0 saturated heterocycles. The Morgan fingerprint density at radius 1 is 1.11 bits per heavy atom. The van der Waals surface area contributed by atoms with Crippen LogP contribution in [0.15, 0.2) is 0 Å². The second kappa shape index (κ2) is 2.52. The van der Waals surface area contributed by atoms with Gasteiger partial charge in [-0.05, 0) is 6.92 Å². The van der Waals surface area contributed by atoms with Gasteiger partial charge in [-0.2, -0.15) is 0 Å². The molecule has 1 rings (SSSR count). The zero-order chi connectivity index (χ0) is 6.69. The predicted molar refractivity (Wildman–Crippen MR) is 35.0 cm³/mol. The predicted octanol–water partition coefficient (Wildman–Crippen LogP) is -1.32. The first-order chi connectivity index (χ1) is 4.33. The van der Waals surface area contributed by atoms with Crippen LogP contribution in [-0.2, 0) is 0 Å². The van der Waals surface area contributed by atoms with Gasteiger partial charge in [0, 0.05) is 0 Å². The van der Waals surface area contributed by atoms with Gasteiger partial charge >= 0.3 is 0 Å². The summed E-state index contributed by atoms with van der Waals surface area (Å²) in [6, 6.07) is 0. The SMILES string of the molecule is CBc1nnc(C)nn1. The Balaban J connectivity index is 2.88. The molecule has 9 heavy (non-hydrogen) atoms. The second-order valence-corrected chi connectivity index (χ2v) is 1.72. The Labute approximate surface area is 54.0 Å². The van der Waals surface area contributed by atoms with Gasteiger partial charge in [0.1, 0.15) is 5.72 Å². The molecule has 0 bridgehead atoms. The summed E-state index contributed by atoms with van der Waals surface area (Å²) in [4.78, 5) is 0. The van der Waals surface area contributed by atoms with Crippen LogP contribution in [0.4, 0.5) is 0 Å². The molecular weight excluding hydrogens is 115 g/mol. The first-order valence-corrected chi connectivity index (χ1v) is 2.86. The van der Waals surface area contributed by atoms with Crippen molar-refractivity contribution in [1.29, 1.82) is 0 Å². The summed E-state index contributed by atoms with van der Waals surface area (Å²) in [5, 5.41) is 15.0. The summed E-state index contributed by atoms with van der Waals surface area (Å²) in [7, 11) is 0.792. The van der Waals surface area contributed by atoms with E-state index in [9.17, 15) is 0 Å². The van der Waals surface area contributed by atoms with E-state index >= 15 is 0 Å². The first kappa shape index (κ1) is 6.13. The largest absolute Gasteiger partial charge is 0.209 e. The molecular formula is C4H7BN4. The van der Waals surface area contributed by atoms with E-state index in [0.717, 1.165) is 7.28 Å². The van der Waals surface area contributed by atoms with Crippen LogP contribution in [0.5, 0.6) is 0 Å². The molecule has 0 N–H and O–H groups in total. The highest BCUT2D eigenvalue weighted by Crippen LogP contribution is 1.70. The number of aryl methyl sites for hydroxylation is 1. The van der Waals surface area contributed by atoms with Gasteiger partial charge in [-0.15, -0.1) is 20.4 Å². The highest BCUT2D eigenvalue weighted by Gasteiger charge is 1.93. The van der Waals surface area contributed by atoms with Crippen LogP contribution in [0.2, 0.25) is 6.82 Å². The standard InChI is InChI=1S/C4H7BN4/c1-3-6-8-4(5-2)9-7-3/h5H,1-2H3. The molecule has 0 radical (unpaired) electrons. The molecule has 0 aliphatic heterocycles. The summed E-state index contributed by atoms with van der Waals surface area (Å²) >= 11 is 0. The summed E-state index contributed by atoms with van der Waals surface area (Å²) in [5.74, 6) is 0.618. The third kappa shape index (κ3) is 1.45. The Kier molecular flexibility index (Phi) is 1.72. The van der Waals surface area contributed by atoms with Crippen molar-refractivity contribution in [2.24, 2.45) is 0 Å². The maximum Gasteiger partial charge on any atom is 0.209 e. The van der Waals surface area contributed by atoms with Crippen LogP contribution in [0.3, 0.4) is 0 Å². The molecule has 4 nitrogen and oxygen atoms in total. The van der Waals surface area contributed by atoms with Gasteiger partial charge in [0.15, 0.2) is 5.82 Å². The number of aromatic nitrogens is 4. The third-order valence-electron chi connectivity index (χ3n) is 0.937. The minimum Gasteiger partial charge on any atom is -0.143 e. The quantitative estimate of drug-likeness (QED) is 0.433. The molecule has 1 aromatic rings. The molecule has 46 valence electrons. The fourth-order valence-corrected chi connectivity index (χ4v) is 0.442. The topological polar surface area (TPSA) is 51.6 Å². The maximum atomic E-state index is 3.77. The van der Waals surface area contributed by atoms with Crippen LogP contribution in [0.25, 0.3) is 0 Å². The molecule has 0 aromatic carbocycles. The fraction of sp³-hybridized carbons (Fsp3) is 0.500. The van der Waals surface area contributed by atoms with E-state index in [1.165, 1.54) is 0 Å². The lowest BCUT2D eigenvalue weighted by Crippen LogP contribution is -2.23. The average Bonchev–Trinajstić information content (AvgIpc) is 1.90. The molecule has 5 heteroatoms. The van der Waals surface area contributed by atoms with E-state index < -0.39 is 0 Å². The summed E-state index contributed by atoms with van der Waals surface area (Å²) in [5.41, 5.74) is 0.695. The summed E-state index contributed by atoms with van der Waals surface area (Å²) in [6.45, 7) is 3.73. The van der Waals surface area contributed by atoms with Gasteiger partial charge in [0.2, 0.25) is 7.28 Å². The molecule has 1 aromatic heterocycles. The highest BCUT2D eigenvalue weighted by atomic mass is 15.3. The average molecular weight is 122 g/mol. The van der Waals surface area contributed by atoms with Crippen molar-refractivity contribution in [3.05, 3.63) is 5.82 Å². The number of rotatable bonds is 1. The van der Waals surface area contributed by atoms with Crippen LogP contribution < -0.4 is 5.72 Å². The van der Waals surface area contributed by atoms with Gasteiger partial charge in [0.25, 0.3) is 0 Å².